The molecule has 0 aliphatic heterocycles. The average Bonchev–Trinajstić information content (AvgIpc) is 2.34. The summed E-state index contributed by atoms with van der Waals surface area (Å²) >= 11 is 6.11. The van der Waals surface area contributed by atoms with Crippen molar-refractivity contribution in [2.75, 3.05) is 7.11 Å². The van der Waals surface area contributed by atoms with Crippen molar-refractivity contribution in [3.05, 3.63) is 58.8 Å². The fourth-order valence-electron chi connectivity index (χ4n) is 1.83. The van der Waals surface area contributed by atoms with Crippen LogP contribution < -0.4 is 0 Å². The number of hydrogen-bond donors (Lipinski definition) is 1. The Morgan fingerprint density at radius 3 is 2.76 bits per heavy atom. The summed E-state index contributed by atoms with van der Waals surface area (Å²) < 4.78 is 5.09. The summed E-state index contributed by atoms with van der Waals surface area (Å²) in [4.78, 5) is 0. The minimum Gasteiger partial charge on any atom is -0.497 e. The van der Waals surface area contributed by atoms with Crippen molar-refractivity contribution in [1.29, 1.82) is 5.41 Å². The van der Waals surface area contributed by atoms with E-state index >= 15 is 0 Å². The van der Waals surface area contributed by atoms with E-state index in [0.717, 1.165) is 22.8 Å². The van der Waals surface area contributed by atoms with Crippen LogP contribution in [-0.2, 0) is 11.2 Å². The van der Waals surface area contributed by atoms with Crippen LogP contribution in [0.25, 0.3) is 0 Å². The Hall–Kier alpha value is -1.54. The molecule has 0 heterocycles. The fraction of sp³-hybridized carbons (Fsp3) is 0.214. The van der Waals surface area contributed by atoms with Crippen molar-refractivity contribution < 1.29 is 4.74 Å². The van der Waals surface area contributed by atoms with Gasteiger partial charge in [0.1, 0.15) is 5.76 Å². The summed E-state index contributed by atoms with van der Waals surface area (Å²) in [6, 6.07) is 7.76. The lowest BCUT2D eigenvalue weighted by Crippen LogP contribution is -2.15. The second-order valence-corrected chi connectivity index (χ2v) is 4.37. The van der Waals surface area contributed by atoms with E-state index in [4.69, 9.17) is 21.7 Å². The average molecular weight is 248 g/mol. The lowest BCUT2D eigenvalue weighted by Gasteiger charge is -2.17. The molecule has 17 heavy (non-hydrogen) atoms. The van der Waals surface area contributed by atoms with E-state index in [9.17, 15) is 0 Å². The molecule has 2 nitrogen and oxygen atoms in total. The Morgan fingerprint density at radius 1 is 1.35 bits per heavy atom. The van der Waals surface area contributed by atoms with Gasteiger partial charge in [-0.25, -0.2) is 0 Å². The minimum atomic E-state index is 0.0776. The van der Waals surface area contributed by atoms with Gasteiger partial charge in [0, 0.05) is 22.7 Å². The molecule has 88 valence electrons. The number of methoxy groups -OCH3 is 1. The summed E-state index contributed by atoms with van der Waals surface area (Å²) in [7, 11) is 1.61. The molecule has 1 atom stereocenters. The van der Waals surface area contributed by atoms with Gasteiger partial charge in [-0.1, -0.05) is 35.9 Å². The SMILES string of the molecule is COC1=CC(=N)C(Cc2ccccc2Cl)C=C1. The van der Waals surface area contributed by atoms with Gasteiger partial charge < -0.3 is 10.1 Å². The van der Waals surface area contributed by atoms with Crippen LogP contribution in [-0.4, -0.2) is 12.8 Å². The second-order valence-electron chi connectivity index (χ2n) is 3.97. The number of rotatable bonds is 3. The lowest BCUT2D eigenvalue weighted by atomic mass is 9.91. The molecule has 1 aliphatic carbocycles. The van der Waals surface area contributed by atoms with Crippen LogP contribution in [0.1, 0.15) is 5.56 Å². The standard InChI is InChI=1S/C14H14ClNO/c1-17-12-7-6-11(14(16)9-12)8-10-4-2-3-5-13(10)15/h2-7,9,11,16H,8H2,1H3. The molecule has 3 heteroatoms. The van der Waals surface area contributed by atoms with Crippen molar-refractivity contribution >= 4 is 17.3 Å². The molecule has 1 N–H and O–H groups in total. The molecule has 2 rings (SSSR count). The molecule has 0 bridgehead atoms. The van der Waals surface area contributed by atoms with Crippen molar-refractivity contribution in [3.63, 3.8) is 0 Å². The normalized spacial score (nSPS) is 19.1. The van der Waals surface area contributed by atoms with Gasteiger partial charge in [0.15, 0.2) is 0 Å². The molecule has 0 amide bonds. The molecule has 0 saturated heterocycles. The summed E-state index contributed by atoms with van der Waals surface area (Å²) in [5.41, 5.74) is 1.63. The highest BCUT2D eigenvalue weighted by Crippen LogP contribution is 2.23. The Labute approximate surface area is 106 Å². The van der Waals surface area contributed by atoms with Gasteiger partial charge in [0.25, 0.3) is 0 Å². The third-order valence-corrected chi connectivity index (χ3v) is 3.19. The molecule has 0 aromatic heterocycles. The summed E-state index contributed by atoms with van der Waals surface area (Å²) in [5, 5.41) is 8.71. The largest absolute Gasteiger partial charge is 0.497 e. The fourth-order valence-corrected chi connectivity index (χ4v) is 2.04. The quantitative estimate of drug-likeness (QED) is 0.870. The maximum Gasteiger partial charge on any atom is 0.120 e. The predicted molar refractivity (Wildman–Crippen MR) is 70.6 cm³/mol. The van der Waals surface area contributed by atoms with Crippen molar-refractivity contribution in [2.24, 2.45) is 5.92 Å². The van der Waals surface area contributed by atoms with E-state index in [2.05, 4.69) is 0 Å². The minimum absolute atomic E-state index is 0.0776. The first-order valence-electron chi connectivity index (χ1n) is 5.46. The number of hydrogen-bond acceptors (Lipinski definition) is 2. The zero-order valence-electron chi connectivity index (χ0n) is 9.61. The zero-order chi connectivity index (χ0) is 12.3. The lowest BCUT2D eigenvalue weighted by molar-refractivity contribution is 0.306. The Balaban J connectivity index is 2.12. The van der Waals surface area contributed by atoms with Crippen LogP contribution in [0.2, 0.25) is 5.02 Å². The first kappa shape index (κ1) is 11.9. The van der Waals surface area contributed by atoms with Crippen LogP contribution in [0.15, 0.2) is 48.3 Å². The summed E-state index contributed by atoms with van der Waals surface area (Å²) in [6.07, 6.45) is 6.40. The van der Waals surface area contributed by atoms with E-state index in [-0.39, 0.29) is 5.92 Å². The molecule has 1 aromatic rings. The highest BCUT2D eigenvalue weighted by atomic mass is 35.5. The summed E-state index contributed by atoms with van der Waals surface area (Å²) in [6.45, 7) is 0. The third kappa shape index (κ3) is 2.77. The molecule has 0 spiro atoms. The van der Waals surface area contributed by atoms with E-state index < -0.39 is 0 Å². The Morgan fingerprint density at radius 2 is 2.12 bits per heavy atom. The molecule has 1 unspecified atom stereocenters. The number of halogens is 1. The first-order valence-corrected chi connectivity index (χ1v) is 5.84. The molecule has 0 fully saturated rings. The van der Waals surface area contributed by atoms with Crippen LogP contribution in [0, 0.1) is 11.3 Å². The van der Waals surface area contributed by atoms with Crippen molar-refractivity contribution in [2.45, 2.75) is 6.42 Å². The highest BCUT2D eigenvalue weighted by molar-refractivity contribution is 6.31. The number of benzene rings is 1. The van der Waals surface area contributed by atoms with Gasteiger partial charge in [-0.05, 0) is 24.1 Å². The number of nitrogens with one attached hydrogen (secondary N) is 1. The summed E-state index contributed by atoms with van der Waals surface area (Å²) in [5.74, 6) is 0.805. The number of allylic oxidation sites excluding steroid dienone is 3. The second kappa shape index (κ2) is 5.19. The molecule has 0 saturated carbocycles. The van der Waals surface area contributed by atoms with Crippen molar-refractivity contribution in [3.8, 4) is 0 Å². The Kier molecular flexibility index (Phi) is 3.64. The molecule has 1 aliphatic rings. The van der Waals surface area contributed by atoms with Crippen LogP contribution in [0.4, 0.5) is 0 Å². The van der Waals surface area contributed by atoms with Gasteiger partial charge in [0.2, 0.25) is 0 Å². The van der Waals surface area contributed by atoms with Crippen molar-refractivity contribution in [1.82, 2.24) is 0 Å². The Bertz CT molecular complexity index is 491. The van der Waals surface area contributed by atoms with Gasteiger partial charge in [-0.3, -0.25) is 0 Å². The van der Waals surface area contributed by atoms with Gasteiger partial charge in [-0.15, -0.1) is 0 Å². The maximum absolute atomic E-state index is 7.95. The zero-order valence-corrected chi connectivity index (χ0v) is 10.4. The molecular weight excluding hydrogens is 234 g/mol. The topological polar surface area (TPSA) is 33.1 Å². The van der Waals surface area contributed by atoms with E-state index in [0.29, 0.717) is 5.71 Å². The molecule has 1 aromatic carbocycles. The highest BCUT2D eigenvalue weighted by Gasteiger charge is 2.16. The van der Waals surface area contributed by atoms with Crippen LogP contribution in [0.5, 0.6) is 0 Å². The first-order chi connectivity index (χ1) is 8.20. The van der Waals surface area contributed by atoms with Gasteiger partial charge in [-0.2, -0.15) is 0 Å². The van der Waals surface area contributed by atoms with Crippen LogP contribution in [0.3, 0.4) is 0 Å². The number of ether oxygens (including phenoxy) is 1. The maximum atomic E-state index is 7.95. The third-order valence-electron chi connectivity index (χ3n) is 2.82. The monoisotopic (exact) mass is 247 g/mol. The smallest absolute Gasteiger partial charge is 0.120 e. The molecular formula is C14H14ClNO. The molecule has 0 radical (unpaired) electrons. The van der Waals surface area contributed by atoms with E-state index in [1.807, 2.05) is 36.4 Å². The van der Waals surface area contributed by atoms with Gasteiger partial charge >= 0.3 is 0 Å². The predicted octanol–water partition coefficient (Wildman–Crippen LogP) is 3.62. The van der Waals surface area contributed by atoms with Gasteiger partial charge in [0.05, 0.1) is 7.11 Å². The van der Waals surface area contributed by atoms with E-state index in [1.165, 1.54) is 0 Å². The van der Waals surface area contributed by atoms with Crippen LogP contribution >= 0.6 is 11.6 Å². The van der Waals surface area contributed by atoms with E-state index in [1.54, 1.807) is 13.2 Å².